The van der Waals surface area contributed by atoms with Crippen molar-refractivity contribution >= 4 is 23.3 Å². The average Bonchev–Trinajstić information content (AvgIpc) is 3.17. The van der Waals surface area contributed by atoms with Gasteiger partial charge in [-0.1, -0.05) is 0 Å². The Bertz CT molecular complexity index is 977. The molecule has 0 radical (unpaired) electrons. The molecule has 0 amide bonds. The maximum atomic E-state index is 11.3. The normalized spacial score (nSPS) is 10.9. The quantitative estimate of drug-likeness (QED) is 0.350. The smallest absolute Gasteiger partial charge is 0.343 e. The van der Waals surface area contributed by atoms with Crippen LogP contribution in [0.5, 0.6) is 0 Å². The van der Waals surface area contributed by atoms with Crippen LogP contribution in [-0.4, -0.2) is 61.0 Å². The SMILES string of the molecule is CC(=O)OCCn1c([N+](=O)[O-])cnc1-c1nnc2ccc(N(C)C)nn12. The van der Waals surface area contributed by atoms with Crippen LogP contribution < -0.4 is 4.90 Å². The number of nitro groups is 1. The summed E-state index contributed by atoms with van der Waals surface area (Å²) >= 11 is 0. The molecule has 0 bridgehead atoms. The van der Waals surface area contributed by atoms with Crippen molar-refractivity contribution in [1.82, 2.24) is 29.4 Å². The number of rotatable bonds is 6. The summed E-state index contributed by atoms with van der Waals surface area (Å²) in [5.41, 5.74) is 0.475. The third-order valence-electron chi connectivity index (χ3n) is 3.55. The van der Waals surface area contributed by atoms with Gasteiger partial charge in [0.15, 0.2) is 5.65 Å². The predicted molar refractivity (Wildman–Crippen MR) is 89.6 cm³/mol. The van der Waals surface area contributed by atoms with E-state index in [-0.39, 0.29) is 30.6 Å². The van der Waals surface area contributed by atoms with Gasteiger partial charge in [0.25, 0.3) is 5.82 Å². The van der Waals surface area contributed by atoms with Gasteiger partial charge < -0.3 is 19.8 Å². The van der Waals surface area contributed by atoms with Crippen molar-refractivity contribution in [2.75, 3.05) is 25.6 Å². The third kappa shape index (κ3) is 3.16. The van der Waals surface area contributed by atoms with Gasteiger partial charge in [-0.2, -0.15) is 9.08 Å². The summed E-state index contributed by atoms with van der Waals surface area (Å²) in [4.78, 5) is 27.6. The van der Waals surface area contributed by atoms with Gasteiger partial charge in [0, 0.05) is 21.0 Å². The van der Waals surface area contributed by atoms with E-state index in [4.69, 9.17) is 4.74 Å². The topological polar surface area (TPSA) is 134 Å². The van der Waals surface area contributed by atoms with E-state index in [1.54, 1.807) is 17.0 Å². The summed E-state index contributed by atoms with van der Waals surface area (Å²) in [6.07, 6.45) is 1.12. The zero-order chi connectivity index (χ0) is 18.8. The number of carbonyl (C=O) groups excluding carboxylic acids is 1. The first-order valence-electron chi connectivity index (χ1n) is 7.62. The molecule has 3 heterocycles. The molecule has 0 fully saturated rings. The Hall–Kier alpha value is -3.57. The molecule has 0 atom stereocenters. The highest BCUT2D eigenvalue weighted by atomic mass is 16.6. The van der Waals surface area contributed by atoms with E-state index in [1.807, 2.05) is 14.1 Å². The molecule has 0 aliphatic carbocycles. The van der Waals surface area contributed by atoms with Crippen LogP contribution in [0.1, 0.15) is 6.92 Å². The number of carbonyl (C=O) groups is 1. The van der Waals surface area contributed by atoms with E-state index >= 15 is 0 Å². The Labute approximate surface area is 147 Å². The van der Waals surface area contributed by atoms with Gasteiger partial charge in [-0.3, -0.25) is 4.79 Å². The second-order valence-electron chi connectivity index (χ2n) is 5.57. The van der Waals surface area contributed by atoms with Crippen LogP contribution in [-0.2, 0) is 16.1 Å². The van der Waals surface area contributed by atoms with Crippen LogP contribution in [0, 0.1) is 10.1 Å². The highest BCUT2D eigenvalue weighted by Crippen LogP contribution is 2.23. The Morgan fingerprint density at radius 2 is 2.08 bits per heavy atom. The zero-order valence-corrected chi connectivity index (χ0v) is 14.4. The predicted octanol–water partition coefficient (Wildman–Crippen LogP) is 0.525. The van der Waals surface area contributed by atoms with Gasteiger partial charge in [-0.05, 0) is 17.1 Å². The first kappa shape index (κ1) is 17.3. The molecule has 3 aromatic rings. The van der Waals surface area contributed by atoms with Crippen molar-refractivity contribution in [1.29, 1.82) is 0 Å². The molecule has 12 nitrogen and oxygen atoms in total. The van der Waals surface area contributed by atoms with E-state index in [1.165, 1.54) is 16.0 Å². The summed E-state index contributed by atoms with van der Waals surface area (Å²) in [5, 5.41) is 23.8. The summed E-state index contributed by atoms with van der Waals surface area (Å²) in [6.45, 7) is 1.28. The highest BCUT2D eigenvalue weighted by molar-refractivity contribution is 5.65. The summed E-state index contributed by atoms with van der Waals surface area (Å²) < 4.78 is 7.66. The fourth-order valence-electron chi connectivity index (χ4n) is 2.35. The molecule has 0 aliphatic heterocycles. The number of fused-ring (bicyclic) bond motifs is 1. The molecule has 136 valence electrons. The first-order valence-corrected chi connectivity index (χ1v) is 7.62. The minimum atomic E-state index is -0.563. The highest BCUT2D eigenvalue weighted by Gasteiger charge is 2.26. The number of hydrogen-bond donors (Lipinski definition) is 0. The maximum absolute atomic E-state index is 11.3. The van der Waals surface area contributed by atoms with Gasteiger partial charge in [0.2, 0.25) is 5.82 Å². The summed E-state index contributed by atoms with van der Waals surface area (Å²) in [6, 6.07) is 3.52. The molecule has 0 saturated carbocycles. The molecule has 0 unspecified atom stereocenters. The van der Waals surface area contributed by atoms with Crippen molar-refractivity contribution in [3.05, 3.63) is 28.4 Å². The Kier molecular flexibility index (Phi) is 4.47. The van der Waals surface area contributed by atoms with Crippen LogP contribution in [0.25, 0.3) is 17.3 Å². The van der Waals surface area contributed by atoms with E-state index < -0.39 is 10.9 Å². The van der Waals surface area contributed by atoms with Crippen LogP contribution in [0.3, 0.4) is 0 Å². The van der Waals surface area contributed by atoms with Crippen molar-refractivity contribution in [2.24, 2.45) is 0 Å². The van der Waals surface area contributed by atoms with Crippen molar-refractivity contribution in [3.63, 3.8) is 0 Å². The third-order valence-corrected chi connectivity index (χ3v) is 3.55. The number of esters is 1. The molecule has 0 aromatic carbocycles. The number of ether oxygens (including phenoxy) is 1. The molecule has 3 rings (SSSR count). The van der Waals surface area contributed by atoms with Crippen LogP contribution in [0.15, 0.2) is 18.3 Å². The average molecular weight is 360 g/mol. The lowest BCUT2D eigenvalue weighted by Gasteiger charge is -2.10. The van der Waals surface area contributed by atoms with Gasteiger partial charge in [0.05, 0.1) is 0 Å². The van der Waals surface area contributed by atoms with E-state index in [2.05, 4.69) is 20.3 Å². The molecule has 0 N–H and O–H groups in total. The summed E-state index contributed by atoms with van der Waals surface area (Å²) in [5.74, 6) is 0.401. The van der Waals surface area contributed by atoms with Crippen LogP contribution in [0.2, 0.25) is 0 Å². The lowest BCUT2D eigenvalue weighted by molar-refractivity contribution is -0.392. The molecule has 26 heavy (non-hydrogen) atoms. The minimum absolute atomic E-state index is 0.0351. The fraction of sp³-hybridized carbons (Fsp3) is 0.357. The molecule has 0 spiro atoms. The lowest BCUT2D eigenvalue weighted by atomic mass is 10.4. The Morgan fingerprint density at radius 1 is 1.31 bits per heavy atom. The molecule has 0 saturated heterocycles. The monoisotopic (exact) mass is 360 g/mol. The van der Waals surface area contributed by atoms with Gasteiger partial charge >= 0.3 is 11.8 Å². The van der Waals surface area contributed by atoms with E-state index in [9.17, 15) is 14.9 Å². The number of nitrogens with zero attached hydrogens (tertiary/aromatic N) is 8. The second kappa shape index (κ2) is 6.74. The zero-order valence-electron chi connectivity index (χ0n) is 14.4. The maximum Gasteiger partial charge on any atom is 0.343 e. The number of anilines is 1. The molecule has 12 heteroatoms. The largest absolute Gasteiger partial charge is 0.462 e. The molecule has 0 aliphatic rings. The van der Waals surface area contributed by atoms with Crippen LogP contribution >= 0.6 is 0 Å². The van der Waals surface area contributed by atoms with Gasteiger partial charge in [-0.25, -0.2) is 4.98 Å². The standard InChI is InChI=1S/C14H16N8O4/c1-9(23)26-7-6-20-12(22(24)25)8-15-13(20)14-17-16-10-4-5-11(19(2)3)18-21(10)14/h4-5,8H,6-7H2,1-3H3. The van der Waals surface area contributed by atoms with Crippen molar-refractivity contribution in [2.45, 2.75) is 13.5 Å². The van der Waals surface area contributed by atoms with E-state index in [0.717, 1.165) is 6.20 Å². The Morgan fingerprint density at radius 3 is 2.73 bits per heavy atom. The minimum Gasteiger partial charge on any atom is -0.462 e. The van der Waals surface area contributed by atoms with Crippen LogP contribution in [0.4, 0.5) is 11.6 Å². The van der Waals surface area contributed by atoms with Gasteiger partial charge in [0.1, 0.15) is 25.2 Å². The van der Waals surface area contributed by atoms with Crippen molar-refractivity contribution < 1.29 is 14.5 Å². The number of hydrogen-bond acceptors (Lipinski definition) is 9. The number of imidazole rings is 1. The van der Waals surface area contributed by atoms with Crippen molar-refractivity contribution in [3.8, 4) is 11.6 Å². The van der Waals surface area contributed by atoms with Gasteiger partial charge in [-0.15, -0.1) is 15.3 Å². The summed E-state index contributed by atoms with van der Waals surface area (Å²) in [7, 11) is 3.67. The number of aromatic nitrogens is 6. The Balaban J connectivity index is 2.08. The lowest BCUT2D eigenvalue weighted by Crippen LogP contribution is -2.14. The fourth-order valence-corrected chi connectivity index (χ4v) is 2.35. The molecular formula is C14H16N8O4. The van der Waals surface area contributed by atoms with E-state index in [0.29, 0.717) is 11.5 Å². The first-order chi connectivity index (χ1) is 12.4. The second-order valence-corrected chi connectivity index (χ2v) is 5.57. The molecular weight excluding hydrogens is 344 g/mol. The molecule has 3 aromatic heterocycles.